The summed E-state index contributed by atoms with van der Waals surface area (Å²) in [5, 5.41) is 12.0. The fourth-order valence-electron chi connectivity index (χ4n) is 0. The summed E-state index contributed by atoms with van der Waals surface area (Å²) in [6.07, 6.45) is 0. The molecular weight excluding hydrogens is 112 g/mol. The number of hydrogen-bond donors (Lipinski definition) is 2. The number of carbonyl (C=O) groups excluding carboxylic acids is 2. The van der Waals surface area contributed by atoms with Gasteiger partial charge in [0.1, 0.15) is 0 Å². The molecule has 0 aliphatic rings. The van der Waals surface area contributed by atoms with Gasteiger partial charge in [-0.1, -0.05) is 0 Å². The second kappa shape index (κ2) is 6.26. The maximum Gasteiger partial charge on any atom is 0.195 e. The quantitative estimate of drug-likeness (QED) is 0.294. The zero-order chi connectivity index (χ0) is 7.15. The molecule has 0 heterocycles. The number of carbonyl (C=O) groups is 2. The SMILES string of the molecule is CC(=O)C(C)=O.OO. The van der Waals surface area contributed by atoms with Crippen LogP contribution in [0.5, 0.6) is 0 Å². The highest BCUT2D eigenvalue weighted by Gasteiger charge is 1.94. The van der Waals surface area contributed by atoms with Crippen molar-refractivity contribution in [1.82, 2.24) is 0 Å². The van der Waals surface area contributed by atoms with E-state index in [1.54, 1.807) is 0 Å². The van der Waals surface area contributed by atoms with Crippen LogP contribution in [0.1, 0.15) is 13.8 Å². The minimum Gasteiger partial charge on any atom is -0.291 e. The van der Waals surface area contributed by atoms with Gasteiger partial charge < -0.3 is 0 Å². The van der Waals surface area contributed by atoms with Gasteiger partial charge in [0.15, 0.2) is 11.6 Å². The number of Topliss-reactive ketones (excluding diaryl/α,β-unsaturated/α-hetero) is 2. The predicted octanol–water partition coefficient (Wildman–Crippen LogP) is 0.182. The van der Waals surface area contributed by atoms with E-state index in [0.29, 0.717) is 0 Å². The van der Waals surface area contributed by atoms with Crippen LogP contribution in [0.2, 0.25) is 0 Å². The molecule has 4 nitrogen and oxygen atoms in total. The molecule has 2 N–H and O–H groups in total. The summed E-state index contributed by atoms with van der Waals surface area (Å²) in [4.78, 5) is 19.6. The second-order valence-corrected chi connectivity index (χ2v) is 1.11. The van der Waals surface area contributed by atoms with Crippen molar-refractivity contribution in [2.24, 2.45) is 0 Å². The molecule has 0 unspecified atom stereocenters. The van der Waals surface area contributed by atoms with E-state index < -0.39 is 0 Å². The lowest BCUT2D eigenvalue weighted by molar-refractivity contribution is -0.176. The molecule has 0 saturated heterocycles. The molecule has 48 valence electrons. The van der Waals surface area contributed by atoms with Crippen molar-refractivity contribution < 1.29 is 20.1 Å². The summed E-state index contributed by atoms with van der Waals surface area (Å²) in [7, 11) is 0. The molecule has 0 aromatic carbocycles. The van der Waals surface area contributed by atoms with Gasteiger partial charge in [-0.05, 0) is 0 Å². The van der Waals surface area contributed by atoms with Crippen LogP contribution in [0, 0.1) is 0 Å². The smallest absolute Gasteiger partial charge is 0.195 e. The Kier molecular flexibility index (Phi) is 8.05. The zero-order valence-corrected chi connectivity index (χ0v) is 4.71. The van der Waals surface area contributed by atoms with Gasteiger partial charge in [-0.3, -0.25) is 20.1 Å². The lowest BCUT2D eigenvalue weighted by Crippen LogP contribution is -2.01. The summed E-state index contributed by atoms with van der Waals surface area (Å²) < 4.78 is 0. The van der Waals surface area contributed by atoms with E-state index in [1.807, 2.05) is 0 Å². The topological polar surface area (TPSA) is 74.6 Å². The van der Waals surface area contributed by atoms with Crippen LogP contribution in [0.4, 0.5) is 0 Å². The second-order valence-electron chi connectivity index (χ2n) is 1.11. The molecule has 0 bridgehead atoms. The van der Waals surface area contributed by atoms with Crippen LogP contribution in [0.3, 0.4) is 0 Å². The summed E-state index contributed by atoms with van der Waals surface area (Å²) in [5.74, 6) is -0.759. The van der Waals surface area contributed by atoms with Crippen molar-refractivity contribution in [2.45, 2.75) is 13.8 Å². The van der Waals surface area contributed by atoms with E-state index in [2.05, 4.69) is 0 Å². The van der Waals surface area contributed by atoms with E-state index in [-0.39, 0.29) is 11.6 Å². The molecule has 0 amide bonds. The van der Waals surface area contributed by atoms with Crippen molar-refractivity contribution in [3.8, 4) is 0 Å². The fourth-order valence-corrected chi connectivity index (χ4v) is 0. The highest BCUT2D eigenvalue weighted by molar-refractivity contribution is 6.35. The average Bonchev–Trinajstić information content (AvgIpc) is 1.72. The maximum atomic E-state index is 9.79. The Labute approximate surface area is 46.7 Å². The van der Waals surface area contributed by atoms with E-state index in [1.165, 1.54) is 13.8 Å². The van der Waals surface area contributed by atoms with Gasteiger partial charge in [-0.25, -0.2) is 0 Å². The van der Waals surface area contributed by atoms with Crippen molar-refractivity contribution in [1.29, 1.82) is 0 Å². The standard InChI is InChI=1S/C4H6O2.H2O2/c1-3(5)4(2)6;1-2/h1-2H3;1-2H. The molecule has 0 fully saturated rings. The summed E-state index contributed by atoms with van der Waals surface area (Å²) in [6, 6.07) is 0. The van der Waals surface area contributed by atoms with Gasteiger partial charge in [-0.2, -0.15) is 0 Å². The molecule has 0 radical (unpaired) electrons. The number of rotatable bonds is 1. The Hall–Kier alpha value is -0.740. The van der Waals surface area contributed by atoms with E-state index in [9.17, 15) is 9.59 Å². The third-order valence-electron chi connectivity index (χ3n) is 0.496. The monoisotopic (exact) mass is 120 g/mol. The number of ketones is 2. The first-order chi connectivity index (χ1) is 3.64. The molecule has 0 saturated carbocycles. The van der Waals surface area contributed by atoms with E-state index in [0.717, 1.165) is 0 Å². The summed E-state index contributed by atoms with van der Waals surface area (Å²) in [5.41, 5.74) is 0. The fraction of sp³-hybridized carbons (Fsp3) is 0.500. The van der Waals surface area contributed by atoms with Crippen molar-refractivity contribution in [3.63, 3.8) is 0 Å². The maximum absolute atomic E-state index is 9.79. The molecule has 0 aromatic heterocycles. The highest BCUT2D eigenvalue weighted by Crippen LogP contribution is 1.66. The van der Waals surface area contributed by atoms with Gasteiger partial charge in [0, 0.05) is 13.8 Å². The molecular formula is C4H8O4. The van der Waals surface area contributed by atoms with E-state index >= 15 is 0 Å². The Morgan fingerprint density at radius 1 is 1.00 bits per heavy atom. The first-order valence-corrected chi connectivity index (χ1v) is 1.86. The highest BCUT2D eigenvalue weighted by atomic mass is 17.0. The molecule has 4 heteroatoms. The van der Waals surface area contributed by atoms with Gasteiger partial charge >= 0.3 is 0 Å². The summed E-state index contributed by atoms with van der Waals surface area (Å²) >= 11 is 0. The van der Waals surface area contributed by atoms with Crippen molar-refractivity contribution in [3.05, 3.63) is 0 Å². The van der Waals surface area contributed by atoms with Crippen LogP contribution in [-0.2, 0) is 9.59 Å². The Balaban J connectivity index is 0. The predicted molar refractivity (Wildman–Crippen MR) is 26.6 cm³/mol. The van der Waals surface area contributed by atoms with Crippen LogP contribution in [0.15, 0.2) is 0 Å². The molecule has 0 aliphatic heterocycles. The van der Waals surface area contributed by atoms with Gasteiger partial charge in [0.25, 0.3) is 0 Å². The zero-order valence-electron chi connectivity index (χ0n) is 4.71. The largest absolute Gasteiger partial charge is 0.291 e. The first-order valence-electron chi connectivity index (χ1n) is 1.86. The third-order valence-corrected chi connectivity index (χ3v) is 0.496. The van der Waals surface area contributed by atoms with Crippen molar-refractivity contribution >= 4 is 11.6 Å². The van der Waals surface area contributed by atoms with Gasteiger partial charge in [-0.15, -0.1) is 0 Å². The molecule has 0 aliphatic carbocycles. The Morgan fingerprint density at radius 3 is 1.12 bits per heavy atom. The van der Waals surface area contributed by atoms with Gasteiger partial charge in [0.05, 0.1) is 0 Å². The Morgan fingerprint density at radius 2 is 1.12 bits per heavy atom. The normalized spacial score (nSPS) is 6.50. The first kappa shape index (κ1) is 10.3. The van der Waals surface area contributed by atoms with Crippen LogP contribution < -0.4 is 0 Å². The molecule has 0 atom stereocenters. The molecule has 8 heavy (non-hydrogen) atoms. The Bertz CT molecular complexity index is 74.0. The van der Waals surface area contributed by atoms with Crippen LogP contribution in [-0.4, -0.2) is 22.1 Å². The molecule has 0 spiro atoms. The van der Waals surface area contributed by atoms with E-state index in [4.69, 9.17) is 10.5 Å². The minimum absolute atomic E-state index is 0.380. The van der Waals surface area contributed by atoms with Crippen molar-refractivity contribution in [2.75, 3.05) is 0 Å². The van der Waals surface area contributed by atoms with Gasteiger partial charge in [0.2, 0.25) is 0 Å². The molecule has 0 rings (SSSR count). The van der Waals surface area contributed by atoms with Crippen LogP contribution in [0.25, 0.3) is 0 Å². The number of hydrogen-bond acceptors (Lipinski definition) is 4. The van der Waals surface area contributed by atoms with Crippen LogP contribution >= 0.6 is 0 Å². The lowest BCUT2D eigenvalue weighted by Gasteiger charge is -1.73. The third kappa shape index (κ3) is 8.98. The average molecular weight is 120 g/mol. The molecule has 0 aromatic rings. The summed E-state index contributed by atoms with van der Waals surface area (Å²) in [6.45, 7) is 2.50. The minimum atomic E-state index is -0.380. The lowest BCUT2D eigenvalue weighted by atomic mass is 10.3.